The second kappa shape index (κ2) is 11.6. The molecular formula is C28H40N4O3. The van der Waals surface area contributed by atoms with E-state index in [-0.39, 0.29) is 29.6 Å². The minimum Gasteiger partial charge on any atom is -0.491 e. The van der Waals surface area contributed by atoms with Crippen LogP contribution in [-0.2, 0) is 0 Å². The van der Waals surface area contributed by atoms with Gasteiger partial charge in [-0.2, -0.15) is 5.10 Å². The molecule has 0 saturated carbocycles. The molecule has 1 atom stereocenters. The molecule has 1 aliphatic heterocycles. The number of ether oxygens (including phenoxy) is 2. The highest BCUT2D eigenvalue weighted by molar-refractivity contribution is 6.05. The number of urea groups is 1. The van der Waals surface area contributed by atoms with Gasteiger partial charge in [-0.1, -0.05) is 13.8 Å². The molecule has 1 heterocycles. The molecule has 0 bridgehead atoms. The van der Waals surface area contributed by atoms with Crippen LogP contribution in [0.25, 0.3) is 0 Å². The fraction of sp³-hybridized carbons (Fsp3) is 0.500. The Morgan fingerprint density at radius 3 is 1.97 bits per heavy atom. The summed E-state index contributed by atoms with van der Waals surface area (Å²) in [6.07, 6.45) is 2.01. The van der Waals surface area contributed by atoms with Gasteiger partial charge < -0.3 is 20.5 Å². The van der Waals surface area contributed by atoms with Crippen molar-refractivity contribution in [1.29, 1.82) is 0 Å². The molecule has 0 spiro atoms. The van der Waals surface area contributed by atoms with Crippen LogP contribution in [0.2, 0.25) is 0 Å². The van der Waals surface area contributed by atoms with Gasteiger partial charge in [-0.3, -0.25) is 0 Å². The van der Waals surface area contributed by atoms with Crippen molar-refractivity contribution in [3.8, 4) is 11.5 Å². The van der Waals surface area contributed by atoms with Gasteiger partial charge in [0, 0.05) is 11.6 Å². The number of hydrazone groups is 1. The largest absolute Gasteiger partial charge is 0.491 e. The van der Waals surface area contributed by atoms with E-state index in [0.717, 1.165) is 35.6 Å². The van der Waals surface area contributed by atoms with Gasteiger partial charge in [0.2, 0.25) is 0 Å². The molecule has 0 radical (unpaired) electrons. The average molecular weight is 481 g/mol. The van der Waals surface area contributed by atoms with Gasteiger partial charge in [-0.05, 0) is 107 Å². The Balaban J connectivity index is 1.85. The van der Waals surface area contributed by atoms with Crippen molar-refractivity contribution in [3.05, 3.63) is 54.1 Å². The lowest BCUT2D eigenvalue weighted by molar-refractivity contribution is 0.172. The van der Waals surface area contributed by atoms with E-state index in [0.29, 0.717) is 18.8 Å². The van der Waals surface area contributed by atoms with Crippen molar-refractivity contribution in [1.82, 2.24) is 5.01 Å². The fourth-order valence-electron chi connectivity index (χ4n) is 4.60. The normalized spacial score (nSPS) is 16.0. The van der Waals surface area contributed by atoms with Gasteiger partial charge in [0.15, 0.2) is 0 Å². The Hall–Kier alpha value is -3.06. The van der Waals surface area contributed by atoms with Gasteiger partial charge >= 0.3 is 6.03 Å². The van der Waals surface area contributed by atoms with Crippen LogP contribution in [0.1, 0.15) is 59.9 Å². The minimum absolute atomic E-state index is 0.0342. The molecule has 2 aromatic rings. The zero-order valence-corrected chi connectivity index (χ0v) is 21.9. The number of anilines is 1. The highest BCUT2D eigenvalue weighted by Gasteiger charge is 2.44. The quantitative estimate of drug-likeness (QED) is 0.443. The van der Waals surface area contributed by atoms with Gasteiger partial charge in [0.05, 0.1) is 24.5 Å². The van der Waals surface area contributed by atoms with E-state index in [1.54, 1.807) is 0 Å². The van der Waals surface area contributed by atoms with E-state index in [1.165, 1.54) is 5.01 Å². The number of rotatable bonds is 10. The van der Waals surface area contributed by atoms with Crippen LogP contribution in [0.3, 0.4) is 0 Å². The summed E-state index contributed by atoms with van der Waals surface area (Å²) in [6, 6.07) is 15.1. The molecule has 0 fully saturated rings. The molecule has 0 aliphatic carbocycles. The minimum atomic E-state index is -0.264. The molecule has 35 heavy (non-hydrogen) atoms. The summed E-state index contributed by atoms with van der Waals surface area (Å²) < 4.78 is 11.5. The number of amides is 2. The van der Waals surface area contributed by atoms with E-state index < -0.39 is 0 Å². The second-order valence-electron chi connectivity index (χ2n) is 9.71. The van der Waals surface area contributed by atoms with E-state index in [4.69, 9.17) is 20.3 Å². The second-order valence-corrected chi connectivity index (χ2v) is 9.71. The Labute approximate surface area is 209 Å². The lowest BCUT2D eigenvalue weighted by atomic mass is 9.68. The predicted octanol–water partition coefficient (Wildman–Crippen LogP) is 5.89. The number of carbonyl (C=O) groups excluding carboxylic acids is 1. The Bertz CT molecular complexity index is 988. The number of nitrogens with one attached hydrogen (secondary N) is 1. The van der Waals surface area contributed by atoms with Crippen LogP contribution in [0.5, 0.6) is 11.5 Å². The van der Waals surface area contributed by atoms with E-state index >= 15 is 0 Å². The molecule has 2 aromatic carbocycles. The third-order valence-electron chi connectivity index (χ3n) is 6.70. The lowest BCUT2D eigenvalue weighted by Crippen LogP contribution is -2.43. The first kappa shape index (κ1) is 26.5. The maximum Gasteiger partial charge on any atom is 0.342 e. The fourth-order valence-corrected chi connectivity index (χ4v) is 4.60. The van der Waals surface area contributed by atoms with Crippen LogP contribution < -0.4 is 20.5 Å². The number of benzene rings is 2. The van der Waals surface area contributed by atoms with E-state index in [1.807, 2.05) is 76.2 Å². The molecule has 7 nitrogen and oxygen atoms in total. The summed E-state index contributed by atoms with van der Waals surface area (Å²) in [6.45, 7) is 13.3. The number of hydrogen-bond acceptors (Lipinski definition) is 5. The smallest absolute Gasteiger partial charge is 0.342 e. The predicted molar refractivity (Wildman–Crippen MR) is 142 cm³/mol. The SMILES string of the molecule is CCC(CC)(CN)[C@H]1CN(C(=O)Nc2ccc(OC(C)C)cc2)N=C1c1ccc(OC(C)C)cc1. The van der Waals surface area contributed by atoms with Crippen LogP contribution in [0.4, 0.5) is 10.5 Å². The highest BCUT2D eigenvalue weighted by atomic mass is 16.5. The summed E-state index contributed by atoms with van der Waals surface area (Å²) in [5.41, 5.74) is 8.74. The van der Waals surface area contributed by atoms with Crippen LogP contribution in [0, 0.1) is 11.3 Å². The number of carbonyl (C=O) groups is 1. The molecule has 3 N–H and O–H groups in total. The first-order valence-electron chi connectivity index (χ1n) is 12.6. The lowest BCUT2D eigenvalue weighted by Gasteiger charge is -2.37. The number of hydrogen-bond donors (Lipinski definition) is 2. The first-order chi connectivity index (χ1) is 16.7. The van der Waals surface area contributed by atoms with Gasteiger partial charge in [-0.15, -0.1) is 0 Å². The molecule has 0 unspecified atom stereocenters. The third kappa shape index (κ3) is 6.34. The zero-order valence-electron chi connectivity index (χ0n) is 21.9. The summed E-state index contributed by atoms with van der Waals surface area (Å²) >= 11 is 0. The topological polar surface area (TPSA) is 89.2 Å². The molecule has 190 valence electrons. The molecule has 1 aliphatic rings. The molecule has 0 saturated heterocycles. The molecular weight excluding hydrogens is 440 g/mol. The maximum absolute atomic E-state index is 13.2. The first-order valence-corrected chi connectivity index (χ1v) is 12.6. The summed E-state index contributed by atoms with van der Waals surface area (Å²) in [5, 5.41) is 9.31. The van der Waals surface area contributed by atoms with E-state index in [9.17, 15) is 4.79 Å². The monoisotopic (exact) mass is 480 g/mol. The van der Waals surface area contributed by atoms with Crippen molar-refractivity contribution < 1.29 is 14.3 Å². The van der Waals surface area contributed by atoms with Gasteiger partial charge in [0.25, 0.3) is 0 Å². The van der Waals surface area contributed by atoms with Crippen molar-refractivity contribution in [2.24, 2.45) is 22.2 Å². The average Bonchev–Trinajstić information content (AvgIpc) is 3.28. The Kier molecular flexibility index (Phi) is 8.78. The summed E-state index contributed by atoms with van der Waals surface area (Å²) in [4.78, 5) is 13.2. The molecule has 3 rings (SSSR count). The van der Waals surface area contributed by atoms with Crippen LogP contribution in [-0.4, -0.2) is 42.0 Å². The van der Waals surface area contributed by atoms with Crippen LogP contribution in [0.15, 0.2) is 53.6 Å². The summed E-state index contributed by atoms with van der Waals surface area (Å²) in [7, 11) is 0. The highest BCUT2D eigenvalue weighted by Crippen LogP contribution is 2.40. The van der Waals surface area contributed by atoms with Crippen molar-refractivity contribution in [2.45, 2.75) is 66.6 Å². The molecule has 7 heteroatoms. The standard InChI is InChI=1S/C28H40N4O3/c1-7-28(8-2,18-29)25-17-32(27(33)30-22-11-15-24(16-12-22)35-20(5)6)31-26(25)21-9-13-23(14-10-21)34-19(3)4/h9-16,19-20,25H,7-8,17-18,29H2,1-6H3,(H,30,33)/t25-/m0/s1. The zero-order chi connectivity index (χ0) is 25.6. The van der Waals surface area contributed by atoms with Gasteiger partial charge in [-0.25, -0.2) is 9.80 Å². The number of nitrogens with two attached hydrogens (primary N) is 1. The van der Waals surface area contributed by atoms with Crippen LogP contribution >= 0.6 is 0 Å². The summed E-state index contributed by atoms with van der Waals surface area (Å²) in [5.74, 6) is 1.62. The van der Waals surface area contributed by atoms with E-state index in [2.05, 4.69) is 19.2 Å². The maximum atomic E-state index is 13.2. The molecule has 2 amide bonds. The third-order valence-corrected chi connectivity index (χ3v) is 6.70. The van der Waals surface area contributed by atoms with Crippen molar-refractivity contribution >= 4 is 17.4 Å². The number of nitrogens with zero attached hydrogens (tertiary/aromatic N) is 2. The van der Waals surface area contributed by atoms with Gasteiger partial charge in [0.1, 0.15) is 11.5 Å². The van der Waals surface area contributed by atoms with Crippen molar-refractivity contribution in [3.63, 3.8) is 0 Å². The molecule has 0 aromatic heterocycles. The van der Waals surface area contributed by atoms with Crippen molar-refractivity contribution in [2.75, 3.05) is 18.4 Å². The Morgan fingerprint density at radius 2 is 1.51 bits per heavy atom. The Morgan fingerprint density at radius 1 is 1.00 bits per heavy atom.